The zero-order valence-corrected chi connectivity index (χ0v) is 13.8. The highest BCUT2D eigenvalue weighted by atomic mass is 79.9. The van der Waals surface area contributed by atoms with Crippen LogP contribution in [0.3, 0.4) is 0 Å². The van der Waals surface area contributed by atoms with Gasteiger partial charge in [0.05, 0.1) is 16.2 Å². The monoisotopic (exact) mass is 372 g/mol. The molecule has 0 saturated carbocycles. The third kappa shape index (κ3) is 3.27. The summed E-state index contributed by atoms with van der Waals surface area (Å²) >= 11 is 3.24. The van der Waals surface area contributed by atoms with E-state index in [1.165, 1.54) is 6.39 Å². The normalized spacial score (nSPS) is 10.5. The summed E-state index contributed by atoms with van der Waals surface area (Å²) in [5.74, 6) is 0.142. The Morgan fingerprint density at radius 3 is 2.87 bits per heavy atom. The van der Waals surface area contributed by atoms with Crippen LogP contribution in [0.2, 0.25) is 0 Å². The lowest BCUT2D eigenvalue weighted by Crippen LogP contribution is -2.12. The van der Waals surface area contributed by atoms with Crippen molar-refractivity contribution in [1.82, 2.24) is 4.98 Å². The third-order valence-electron chi connectivity index (χ3n) is 3.29. The van der Waals surface area contributed by atoms with Crippen LogP contribution in [0.1, 0.15) is 15.9 Å². The number of halogens is 1. The molecule has 1 heterocycles. The molecular weight excluding hydrogens is 360 g/mol. The van der Waals surface area contributed by atoms with E-state index in [1.807, 2.05) is 13.0 Å². The molecule has 0 spiro atoms. The molecule has 23 heavy (non-hydrogen) atoms. The SMILES string of the molecule is Cc1cc(Br)c(O)c(C(=O)Nc2cccc(-c3cnco3)c2)c1. The summed E-state index contributed by atoms with van der Waals surface area (Å²) in [7, 11) is 0. The minimum atomic E-state index is -0.387. The molecule has 3 aromatic rings. The predicted molar refractivity (Wildman–Crippen MR) is 90.4 cm³/mol. The van der Waals surface area contributed by atoms with Crippen LogP contribution >= 0.6 is 15.9 Å². The van der Waals surface area contributed by atoms with Gasteiger partial charge in [0.1, 0.15) is 5.75 Å². The van der Waals surface area contributed by atoms with Crippen LogP contribution in [0.5, 0.6) is 5.75 Å². The highest BCUT2D eigenvalue weighted by Crippen LogP contribution is 2.30. The number of hydrogen-bond acceptors (Lipinski definition) is 4. The summed E-state index contributed by atoms with van der Waals surface area (Å²) in [5.41, 5.74) is 2.48. The smallest absolute Gasteiger partial charge is 0.259 e. The lowest BCUT2D eigenvalue weighted by molar-refractivity contribution is 0.102. The Hall–Kier alpha value is -2.60. The van der Waals surface area contributed by atoms with Crippen molar-refractivity contribution in [3.63, 3.8) is 0 Å². The summed E-state index contributed by atoms with van der Waals surface area (Å²) in [5, 5.41) is 12.8. The fourth-order valence-corrected chi connectivity index (χ4v) is 2.79. The average Bonchev–Trinajstić information content (AvgIpc) is 3.05. The lowest BCUT2D eigenvalue weighted by Gasteiger charge is -2.10. The first-order valence-electron chi connectivity index (χ1n) is 6.84. The molecule has 116 valence electrons. The number of carbonyl (C=O) groups is 1. The van der Waals surface area contributed by atoms with Gasteiger partial charge in [0.15, 0.2) is 12.2 Å². The number of hydrogen-bond donors (Lipinski definition) is 2. The lowest BCUT2D eigenvalue weighted by atomic mass is 10.1. The van der Waals surface area contributed by atoms with E-state index in [0.29, 0.717) is 15.9 Å². The number of benzene rings is 2. The average molecular weight is 373 g/mol. The van der Waals surface area contributed by atoms with Crippen molar-refractivity contribution in [3.05, 3.63) is 64.6 Å². The van der Waals surface area contributed by atoms with Crippen LogP contribution in [-0.2, 0) is 0 Å². The number of rotatable bonds is 3. The minimum Gasteiger partial charge on any atom is -0.506 e. The number of anilines is 1. The summed E-state index contributed by atoms with van der Waals surface area (Å²) in [6, 6.07) is 10.6. The molecule has 0 aliphatic carbocycles. The number of nitrogens with zero attached hydrogens (tertiary/aromatic N) is 1. The van der Waals surface area contributed by atoms with Crippen LogP contribution in [0.15, 0.2) is 57.9 Å². The number of carbonyl (C=O) groups excluding carboxylic acids is 1. The van der Waals surface area contributed by atoms with Crippen molar-refractivity contribution in [2.75, 3.05) is 5.32 Å². The molecule has 0 bridgehead atoms. The highest BCUT2D eigenvalue weighted by molar-refractivity contribution is 9.10. The third-order valence-corrected chi connectivity index (χ3v) is 3.89. The molecule has 0 unspecified atom stereocenters. The maximum Gasteiger partial charge on any atom is 0.259 e. The topological polar surface area (TPSA) is 75.4 Å². The molecule has 0 radical (unpaired) electrons. The van der Waals surface area contributed by atoms with E-state index >= 15 is 0 Å². The molecule has 2 aromatic carbocycles. The quantitative estimate of drug-likeness (QED) is 0.715. The van der Waals surface area contributed by atoms with Crippen LogP contribution in [0.4, 0.5) is 5.69 Å². The van der Waals surface area contributed by atoms with Crippen molar-refractivity contribution >= 4 is 27.5 Å². The van der Waals surface area contributed by atoms with Crippen molar-refractivity contribution in [2.45, 2.75) is 6.92 Å². The molecule has 0 atom stereocenters. The molecule has 0 aliphatic heterocycles. The standard InChI is InChI=1S/C17H13BrN2O3/c1-10-5-13(16(21)14(18)6-10)17(22)20-12-4-2-3-11(7-12)15-8-19-9-23-15/h2-9,21H,1H3,(H,20,22). The van der Waals surface area contributed by atoms with E-state index in [9.17, 15) is 9.90 Å². The number of aromatic nitrogens is 1. The van der Waals surface area contributed by atoms with Gasteiger partial charge in [-0.3, -0.25) is 4.79 Å². The van der Waals surface area contributed by atoms with Crippen molar-refractivity contribution in [3.8, 4) is 17.1 Å². The van der Waals surface area contributed by atoms with Gasteiger partial charge in [0.2, 0.25) is 0 Å². The first-order chi connectivity index (χ1) is 11.0. The summed E-state index contributed by atoms with van der Waals surface area (Å²) in [6.45, 7) is 1.85. The summed E-state index contributed by atoms with van der Waals surface area (Å²) in [6.07, 6.45) is 2.95. The number of amides is 1. The minimum absolute atomic E-state index is 0.0838. The molecule has 3 rings (SSSR count). The second-order valence-corrected chi connectivity index (χ2v) is 5.90. The van der Waals surface area contributed by atoms with Gasteiger partial charge in [0, 0.05) is 11.3 Å². The molecular formula is C17H13BrN2O3. The number of oxazole rings is 1. The van der Waals surface area contributed by atoms with Gasteiger partial charge < -0.3 is 14.8 Å². The van der Waals surface area contributed by atoms with Crippen LogP contribution in [0.25, 0.3) is 11.3 Å². The Balaban J connectivity index is 1.88. The summed E-state index contributed by atoms with van der Waals surface area (Å²) in [4.78, 5) is 16.3. The van der Waals surface area contributed by atoms with Gasteiger partial charge in [0.25, 0.3) is 5.91 Å². The predicted octanol–water partition coefficient (Wildman–Crippen LogP) is 4.37. The highest BCUT2D eigenvalue weighted by Gasteiger charge is 2.15. The van der Waals surface area contributed by atoms with E-state index in [2.05, 4.69) is 26.2 Å². The van der Waals surface area contributed by atoms with E-state index < -0.39 is 0 Å². The van der Waals surface area contributed by atoms with E-state index in [-0.39, 0.29) is 17.2 Å². The Labute approximate surface area is 141 Å². The van der Waals surface area contributed by atoms with Crippen molar-refractivity contribution in [1.29, 1.82) is 0 Å². The number of nitrogens with one attached hydrogen (secondary N) is 1. The van der Waals surface area contributed by atoms with Crippen LogP contribution < -0.4 is 5.32 Å². The van der Waals surface area contributed by atoms with Crippen LogP contribution in [-0.4, -0.2) is 16.0 Å². The van der Waals surface area contributed by atoms with Gasteiger partial charge >= 0.3 is 0 Å². The zero-order chi connectivity index (χ0) is 16.4. The molecule has 5 nitrogen and oxygen atoms in total. The Morgan fingerprint density at radius 2 is 2.13 bits per heavy atom. The van der Waals surface area contributed by atoms with Crippen molar-refractivity contribution in [2.24, 2.45) is 0 Å². The molecule has 0 aliphatic rings. The second kappa shape index (κ2) is 6.26. The number of aromatic hydroxyl groups is 1. The van der Waals surface area contributed by atoms with Crippen LogP contribution in [0, 0.1) is 6.92 Å². The van der Waals surface area contributed by atoms with Gasteiger partial charge in [-0.15, -0.1) is 0 Å². The molecule has 6 heteroatoms. The Morgan fingerprint density at radius 1 is 1.30 bits per heavy atom. The Bertz CT molecular complexity index is 860. The van der Waals surface area contributed by atoms with Gasteiger partial charge in [-0.2, -0.15) is 0 Å². The maximum absolute atomic E-state index is 12.4. The second-order valence-electron chi connectivity index (χ2n) is 5.04. The van der Waals surface area contributed by atoms with E-state index in [0.717, 1.165) is 11.1 Å². The largest absolute Gasteiger partial charge is 0.506 e. The van der Waals surface area contributed by atoms with E-state index in [1.54, 1.807) is 36.5 Å². The molecule has 0 saturated heterocycles. The molecule has 1 aromatic heterocycles. The summed E-state index contributed by atoms with van der Waals surface area (Å²) < 4.78 is 5.73. The molecule has 1 amide bonds. The van der Waals surface area contributed by atoms with Gasteiger partial charge in [-0.05, 0) is 52.7 Å². The van der Waals surface area contributed by atoms with Gasteiger partial charge in [-0.25, -0.2) is 4.98 Å². The Kier molecular flexibility index (Phi) is 4.16. The maximum atomic E-state index is 12.4. The van der Waals surface area contributed by atoms with E-state index in [4.69, 9.17) is 4.42 Å². The zero-order valence-electron chi connectivity index (χ0n) is 12.2. The number of phenols is 1. The molecule has 2 N–H and O–H groups in total. The van der Waals surface area contributed by atoms with Gasteiger partial charge in [-0.1, -0.05) is 12.1 Å². The number of aryl methyl sites for hydroxylation is 1. The first-order valence-corrected chi connectivity index (χ1v) is 7.63. The first kappa shape index (κ1) is 15.3. The van der Waals surface area contributed by atoms with Crippen molar-refractivity contribution < 1.29 is 14.3 Å². The molecule has 0 fully saturated rings. The fourth-order valence-electron chi connectivity index (χ4n) is 2.21. The number of phenolic OH excluding ortho intramolecular Hbond substituents is 1. The fraction of sp³-hybridized carbons (Fsp3) is 0.0588.